The Morgan fingerprint density at radius 2 is 2.13 bits per heavy atom. The van der Waals surface area contributed by atoms with Gasteiger partial charge < -0.3 is 14.1 Å². The topological polar surface area (TPSA) is 59.8 Å². The third-order valence-corrected chi connectivity index (χ3v) is 4.17. The molecule has 6 heteroatoms. The van der Waals surface area contributed by atoms with Gasteiger partial charge in [-0.25, -0.2) is 0 Å². The van der Waals surface area contributed by atoms with Crippen molar-refractivity contribution < 1.29 is 18.7 Å². The fraction of sp³-hybridized carbons (Fsp3) is 0.294. The van der Waals surface area contributed by atoms with Crippen LogP contribution in [0.25, 0.3) is 0 Å². The summed E-state index contributed by atoms with van der Waals surface area (Å²) in [7, 11) is 0. The summed E-state index contributed by atoms with van der Waals surface area (Å²) < 4.78 is 10.5. The highest BCUT2D eigenvalue weighted by Crippen LogP contribution is 2.23. The second-order valence-electron chi connectivity index (χ2n) is 5.45. The van der Waals surface area contributed by atoms with Crippen molar-refractivity contribution in [1.82, 2.24) is 4.90 Å². The molecular formula is C17H16ClNO4. The van der Waals surface area contributed by atoms with Crippen LogP contribution in [0.3, 0.4) is 0 Å². The molecule has 1 amide bonds. The zero-order chi connectivity index (χ0) is 16.2. The number of esters is 1. The molecule has 0 unspecified atom stereocenters. The van der Waals surface area contributed by atoms with Crippen molar-refractivity contribution in [3.8, 4) is 0 Å². The van der Waals surface area contributed by atoms with Crippen LogP contribution in [0.5, 0.6) is 0 Å². The molecule has 3 rings (SSSR count). The van der Waals surface area contributed by atoms with E-state index < -0.39 is 5.92 Å². The molecule has 1 aromatic heterocycles. The molecule has 2 aromatic rings. The lowest BCUT2D eigenvalue weighted by atomic mass is 10.1. The first-order valence-corrected chi connectivity index (χ1v) is 7.71. The standard InChI is InChI=1S/C17H16ClNO4/c18-15-6-2-1-4-12(15)11-23-17(21)13-8-16(20)19(9-13)10-14-5-3-7-22-14/h1-7,13H,8-11H2/t13-/m1/s1. The molecule has 0 aliphatic carbocycles. The van der Waals surface area contributed by atoms with Crippen LogP contribution < -0.4 is 0 Å². The molecule has 1 aliphatic heterocycles. The van der Waals surface area contributed by atoms with Crippen molar-refractivity contribution in [2.75, 3.05) is 6.54 Å². The third-order valence-electron chi connectivity index (χ3n) is 3.80. The van der Waals surface area contributed by atoms with E-state index >= 15 is 0 Å². The molecule has 23 heavy (non-hydrogen) atoms. The number of halogens is 1. The third kappa shape index (κ3) is 3.74. The monoisotopic (exact) mass is 333 g/mol. The van der Waals surface area contributed by atoms with Gasteiger partial charge in [0.15, 0.2) is 0 Å². The Labute approximate surface area is 138 Å². The van der Waals surface area contributed by atoms with Gasteiger partial charge in [-0.15, -0.1) is 0 Å². The number of hydrogen-bond acceptors (Lipinski definition) is 4. The van der Waals surface area contributed by atoms with Crippen LogP contribution in [0, 0.1) is 5.92 Å². The predicted molar refractivity (Wildman–Crippen MR) is 83.5 cm³/mol. The summed E-state index contributed by atoms with van der Waals surface area (Å²) in [6.45, 7) is 0.836. The van der Waals surface area contributed by atoms with E-state index in [0.29, 0.717) is 23.9 Å². The van der Waals surface area contributed by atoms with Gasteiger partial charge in [0.1, 0.15) is 12.4 Å². The molecule has 1 aliphatic rings. The highest BCUT2D eigenvalue weighted by Gasteiger charge is 2.35. The number of likely N-dealkylation sites (tertiary alicyclic amines) is 1. The highest BCUT2D eigenvalue weighted by molar-refractivity contribution is 6.31. The number of carbonyl (C=O) groups is 2. The highest BCUT2D eigenvalue weighted by atomic mass is 35.5. The minimum atomic E-state index is -0.444. The quantitative estimate of drug-likeness (QED) is 0.789. The number of furan rings is 1. The van der Waals surface area contributed by atoms with Crippen LogP contribution in [-0.2, 0) is 27.5 Å². The molecule has 1 fully saturated rings. The van der Waals surface area contributed by atoms with Gasteiger partial charge in [-0.05, 0) is 18.2 Å². The normalized spacial score (nSPS) is 17.5. The van der Waals surface area contributed by atoms with Crippen LogP contribution in [0.1, 0.15) is 17.7 Å². The van der Waals surface area contributed by atoms with Gasteiger partial charge in [0.05, 0.1) is 18.7 Å². The van der Waals surface area contributed by atoms with Gasteiger partial charge >= 0.3 is 5.97 Å². The average Bonchev–Trinajstić information content (AvgIpc) is 3.17. The Kier molecular flexibility index (Phi) is 4.67. The van der Waals surface area contributed by atoms with Crippen LogP contribution in [0.4, 0.5) is 0 Å². The fourth-order valence-electron chi connectivity index (χ4n) is 2.56. The lowest BCUT2D eigenvalue weighted by Gasteiger charge is -2.14. The van der Waals surface area contributed by atoms with Gasteiger partial charge in [-0.1, -0.05) is 29.8 Å². The van der Waals surface area contributed by atoms with Crippen molar-refractivity contribution in [2.45, 2.75) is 19.6 Å². The second-order valence-corrected chi connectivity index (χ2v) is 5.86. The van der Waals surface area contributed by atoms with Gasteiger partial charge in [-0.2, -0.15) is 0 Å². The van der Waals surface area contributed by atoms with Crippen molar-refractivity contribution >= 4 is 23.5 Å². The summed E-state index contributed by atoms with van der Waals surface area (Å²) >= 11 is 6.03. The molecule has 0 spiro atoms. The van der Waals surface area contributed by atoms with Crippen molar-refractivity contribution in [2.24, 2.45) is 5.92 Å². The number of hydrogen-bond donors (Lipinski definition) is 0. The molecule has 120 valence electrons. The molecule has 1 atom stereocenters. The molecule has 0 N–H and O–H groups in total. The number of ether oxygens (including phenoxy) is 1. The Morgan fingerprint density at radius 1 is 1.30 bits per heavy atom. The maximum atomic E-state index is 12.2. The Morgan fingerprint density at radius 3 is 2.87 bits per heavy atom. The zero-order valence-corrected chi connectivity index (χ0v) is 13.2. The molecule has 5 nitrogen and oxygen atoms in total. The largest absolute Gasteiger partial charge is 0.467 e. The molecule has 0 bridgehead atoms. The molecular weight excluding hydrogens is 318 g/mol. The maximum absolute atomic E-state index is 12.2. The SMILES string of the molecule is O=C(OCc1ccccc1Cl)[C@@H]1CC(=O)N(Cc2ccco2)C1. The van der Waals surface area contributed by atoms with E-state index in [0.717, 1.165) is 5.56 Å². The molecule has 0 saturated carbocycles. The van der Waals surface area contributed by atoms with Crippen LogP contribution in [0.2, 0.25) is 5.02 Å². The van der Waals surface area contributed by atoms with Gasteiger partial charge in [0, 0.05) is 23.6 Å². The number of benzene rings is 1. The smallest absolute Gasteiger partial charge is 0.311 e. The molecule has 1 aromatic carbocycles. The zero-order valence-electron chi connectivity index (χ0n) is 12.4. The van der Waals surface area contributed by atoms with E-state index in [2.05, 4.69) is 0 Å². The minimum Gasteiger partial charge on any atom is -0.467 e. The van der Waals surface area contributed by atoms with E-state index in [1.165, 1.54) is 0 Å². The lowest BCUT2D eigenvalue weighted by molar-refractivity contribution is -0.149. The number of nitrogens with zero attached hydrogens (tertiary/aromatic N) is 1. The van der Waals surface area contributed by atoms with Crippen LogP contribution in [0.15, 0.2) is 47.1 Å². The summed E-state index contributed by atoms with van der Waals surface area (Å²) in [4.78, 5) is 25.8. The number of rotatable bonds is 5. The summed E-state index contributed by atoms with van der Waals surface area (Å²) in [6, 6.07) is 10.8. The van der Waals surface area contributed by atoms with Crippen molar-refractivity contribution in [3.05, 3.63) is 59.0 Å². The van der Waals surface area contributed by atoms with Crippen LogP contribution >= 0.6 is 11.6 Å². The average molecular weight is 334 g/mol. The van der Waals surface area contributed by atoms with E-state index in [4.69, 9.17) is 20.8 Å². The van der Waals surface area contributed by atoms with Gasteiger partial charge in [-0.3, -0.25) is 9.59 Å². The Bertz CT molecular complexity index is 698. The molecule has 0 radical (unpaired) electrons. The summed E-state index contributed by atoms with van der Waals surface area (Å²) in [6.07, 6.45) is 1.73. The number of carbonyl (C=O) groups excluding carboxylic acids is 2. The Balaban J connectivity index is 1.54. The predicted octanol–water partition coefficient (Wildman–Crippen LogP) is 3.02. The minimum absolute atomic E-state index is 0.0684. The molecule has 1 saturated heterocycles. The first-order valence-electron chi connectivity index (χ1n) is 7.33. The summed E-state index contributed by atoms with van der Waals surface area (Å²) in [5, 5.41) is 0.558. The van der Waals surface area contributed by atoms with E-state index in [9.17, 15) is 9.59 Å². The molecule has 2 heterocycles. The fourth-order valence-corrected chi connectivity index (χ4v) is 2.75. The van der Waals surface area contributed by atoms with E-state index in [1.54, 1.807) is 35.4 Å². The van der Waals surface area contributed by atoms with Gasteiger partial charge in [0.2, 0.25) is 5.91 Å². The van der Waals surface area contributed by atoms with Crippen molar-refractivity contribution in [3.63, 3.8) is 0 Å². The maximum Gasteiger partial charge on any atom is 0.311 e. The number of amides is 1. The summed E-state index contributed by atoms with van der Waals surface area (Å²) in [5.74, 6) is -0.190. The van der Waals surface area contributed by atoms with E-state index in [-0.39, 0.29) is 24.9 Å². The first kappa shape index (κ1) is 15.6. The van der Waals surface area contributed by atoms with Gasteiger partial charge in [0.25, 0.3) is 0 Å². The second kappa shape index (κ2) is 6.87. The Hall–Kier alpha value is -2.27. The lowest BCUT2D eigenvalue weighted by Crippen LogP contribution is -2.26. The summed E-state index contributed by atoms with van der Waals surface area (Å²) in [5.41, 5.74) is 0.749. The first-order chi connectivity index (χ1) is 11.1. The van der Waals surface area contributed by atoms with Crippen LogP contribution in [-0.4, -0.2) is 23.3 Å². The van der Waals surface area contributed by atoms with E-state index in [1.807, 2.05) is 12.1 Å². The van der Waals surface area contributed by atoms with Crippen molar-refractivity contribution in [1.29, 1.82) is 0 Å².